The predicted molar refractivity (Wildman–Crippen MR) is 128 cm³/mol. The fourth-order valence-corrected chi connectivity index (χ4v) is 5.56. The molecule has 0 saturated carbocycles. The van der Waals surface area contributed by atoms with Crippen LogP contribution in [0.15, 0.2) is 77.7 Å². The molecule has 2 aromatic carbocycles. The molecule has 0 aliphatic carbocycles. The molecule has 1 unspecified atom stereocenters. The maximum Gasteiger partial charge on any atom is 0.356 e. The number of rotatable bonds is 7. The van der Waals surface area contributed by atoms with Gasteiger partial charge in [0.05, 0.1) is 12.4 Å². The maximum atomic E-state index is 13.6. The average Bonchev–Trinajstić information content (AvgIpc) is 3.24. The number of nitrogens with zero attached hydrogens (tertiary/aromatic N) is 2. The van der Waals surface area contributed by atoms with Crippen molar-refractivity contribution in [2.75, 3.05) is 6.61 Å². The zero-order valence-corrected chi connectivity index (χ0v) is 19.5. The number of esters is 1. The molecular weight excluding hydrogens is 456 g/mol. The van der Waals surface area contributed by atoms with Crippen molar-refractivity contribution in [2.24, 2.45) is 7.05 Å². The Balaban J connectivity index is 2.02. The Morgan fingerprint density at radius 2 is 1.68 bits per heavy atom. The zero-order chi connectivity index (χ0) is 24.5. The first-order valence-corrected chi connectivity index (χ1v) is 12.3. The van der Waals surface area contributed by atoms with Crippen LogP contribution in [0, 0.1) is 0 Å². The average molecular weight is 481 g/mol. The first kappa shape index (κ1) is 23.5. The fourth-order valence-electron chi connectivity index (χ4n) is 3.94. The number of carbonyl (C=O) groups is 1. The number of ether oxygens (including phenoxy) is 1. The molecule has 0 radical (unpaired) electrons. The van der Waals surface area contributed by atoms with Crippen molar-refractivity contribution in [3.05, 3.63) is 106 Å². The number of aromatic nitrogens is 2. The van der Waals surface area contributed by atoms with Gasteiger partial charge in [-0.05, 0) is 24.1 Å². The molecule has 0 aliphatic rings. The van der Waals surface area contributed by atoms with E-state index < -0.39 is 33.4 Å². The van der Waals surface area contributed by atoms with Crippen molar-refractivity contribution in [2.45, 2.75) is 18.8 Å². The summed E-state index contributed by atoms with van der Waals surface area (Å²) < 4.78 is 34.2. The summed E-state index contributed by atoms with van der Waals surface area (Å²) in [6, 6.07) is 18.5. The first-order chi connectivity index (χ1) is 16.2. The molecule has 34 heavy (non-hydrogen) atoms. The van der Waals surface area contributed by atoms with Crippen LogP contribution >= 0.6 is 0 Å². The van der Waals surface area contributed by atoms with Gasteiger partial charge in [0.2, 0.25) is 10.0 Å². The van der Waals surface area contributed by atoms with Crippen LogP contribution < -0.4 is 5.56 Å². The van der Waals surface area contributed by atoms with E-state index in [4.69, 9.17) is 4.74 Å². The molecule has 9 heteroatoms. The normalized spacial score (nSPS) is 12.6. The first-order valence-electron chi connectivity index (χ1n) is 10.7. The van der Waals surface area contributed by atoms with Crippen molar-refractivity contribution in [3.63, 3.8) is 0 Å². The van der Waals surface area contributed by atoms with Gasteiger partial charge >= 0.3 is 5.97 Å². The van der Waals surface area contributed by atoms with E-state index in [1.807, 2.05) is 0 Å². The number of benzene rings is 2. The predicted octanol–water partition coefficient (Wildman–Crippen LogP) is 2.98. The highest BCUT2D eigenvalue weighted by Gasteiger charge is 2.30. The Labute approximate surface area is 196 Å². The van der Waals surface area contributed by atoms with E-state index >= 15 is 0 Å². The summed E-state index contributed by atoms with van der Waals surface area (Å²) in [7, 11) is -2.75. The van der Waals surface area contributed by atoms with Gasteiger partial charge < -0.3 is 14.4 Å². The second-order valence-electron chi connectivity index (χ2n) is 7.83. The van der Waals surface area contributed by atoms with Crippen LogP contribution in [0.3, 0.4) is 0 Å². The monoisotopic (exact) mass is 480 g/mol. The third kappa shape index (κ3) is 4.27. The molecule has 0 bridgehead atoms. The van der Waals surface area contributed by atoms with Gasteiger partial charge in [-0.2, -0.15) is 0 Å². The number of aryl methyl sites for hydroxylation is 1. The topological polar surface area (TPSA) is 108 Å². The lowest BCUT2D eigenvalue weighted by atomic mass is 10.00. The van der Waals surface area contributed by atoms with Crippen molar-refractivity contribution in [1.29, 1.82) is 0 Å². The van der Waals surface area contributed by atoms with Gasteiger partial charge in [-0.3, -0.25) is 4.79 Å². The minimum atomic E-state index is -4.22. The lowest BCUT2D eigenvalue weighted by Crippen LogP contribution is -2.26. The third-order valence-corrected chi connectivity index (χ3v) is 7.12. The van der Waals surface area contributed by atoms with E-state index in [0.717, 1.165) is 3.97 Å². The highest BCUT2D eigenvalue weighted by Crippen LogP contribution is 2.31. The molecular formula is C25H24N2O6S. The summed E-state index contributed by atoms with van der Waals surface area (Å²) in [5.74, 6) is -1.31. The third-order valence-electron chi connectivity index (χ3n) is 5.49. The molecule has 1 atom stereocenters. The number of aliphatic hydroxyl groups excluding tert-OH is 1. The smallest absolute Gasteiger partial charge is 0.356 e. The van der Waals surface area contributed by atoms with E-state index in [0.29, 0.717) is 16.7 Å². The van der Waals surface area contributed by atoms with Crippen LogP contribution in [0.5, 0.6) is 0 Å². The molecule has 0 amide bonds. The van der Waals surface area contributed by atoms with Crippen molar-refractivity contribution in [1.82, 2.24) is 8.54 Å². The maximum absolute atomic E-state index is 13.6. The van der Waals surface area contributed by atoms with Gasteiger partial charge in [0, 0.05) is 24.2 Å². The number of pyridine rings is 1. The van der Waals surface area contributed by atoms with Gasteiger partial charge in [-0.15, -0.1) is 0 Å². The number of aliphatic hydroxyl groups is 1. The Hall–Kier alpha value is -3.69. The van der Waals surface area contributed by atoms with Crippen LogP contribution in [-0.2, 0) is 27.6 Å². The van der Waals surface area contributed by atoms with E-state index in [9.17, 15) is 23.1 Å². The summed E-state index contributed by atoms with van der Waals surface area (Å²) in [6.07, 6.45) is 0.295. The van der Waals surface area contributed by atoms with E-state index in [1.165, 1.54) is 23.9 Å². The summed E-state index contributed by atoms with van der Waals surface area (Å²) >= 11 is 0. The van der Waals surface area contributed by atoms with Crippen LogP contribution in [0.1, 0.15) is 40.2 Å². The number of fused-ring (bicyclic) bond motifs is 1. The van der Waals surface area contributed by atoms with E-state index in [-0.39, 0.29) is 23.2 Å². The van der Waals surface area contributed by atoms with Crippen LogP contribution in [0.2, 0.25) is 0 Å². The molecule has 2 heterocycles. The lowest BCUT2D eigenvalue weighted by molar-refractivity contribution is 0.0518. The van der Waals surface area contributed by atoms with Gasteiger partial charge in [0.1, 0.15) is 17.3 Å². The van der Waals surface area contributed by atoms with Crippen LogP contribution in [0.25, 0.3) is 10.9 Å². The van der Waals surface area contributed by atoms with Gasteiger partial charge in [0.25, 0.3) is 5.56 Å². The molecule has 0 spiro atoms. The highest BCUT2D eigenvalue weighted by molar-refractivity contribution is 7.89. The number of carbonyl (C=O) groups excluding carboxylic acids is 1. The SMILES string of the molecule is CCOC(=O)c1cc2c(C(O)c3ccccc3)cn(C)c(=O)c2n1S(=O)(=O)Cc1ccccc1. The van der Waals surface area contributed by atoms with Crippen LogP contribution in [0.4, 0.5) is 0 Å². The summed E-state index contributed by atoms with van der Waals surface area (Å²) in [6.45, 7) is 1.63. The summed E-state index contributed by atoms with van der Waals surface area (Å²) in [5, 5.41) is 11.3. The minimum absolute atomic E-state index is 0.0244. The largest absolute Gasteiger partial charge is 0.461 e. The molecule has 0 aliphatic heterocycles. The molecule has 4 rings (SSSR count). The molecule has 2 aromatic heterocycles. The second kappa shape index (κ2) is 9.28. The van der Waals surface area contributed by atoms with E-state index in [2.05, 4.69) is 0 Å². The molecule has 1 N–H and O–H groups in total. The summed E-state index contributed by atoms with van der Waals surface area (Å²) in [4.78, 5) is 26.0. The van der Waals surface area contributed by atoms with Gasteiger partial charge in [-0.1, -0.05) is 60.7 Å². The Kier molecular flexibility index (Phi) is 6.41. The Bertz CT molecular complexity index is 1510. The quantitative estimate of drug-likeness (QED) is 0.408. The van der Waals surface area contributed by atoms with Crippen molar-refractivity contribution < 1.29 is 23.1 Å². The second-order valence-corrected chi connectivity index (χ2v) is 9.65. The molecule has 176 valence electrons. The zero-order valence-electron chi connectivity index (χ0n) is 18.7. The Morgan fingerprint density at radius 1 is 1.06 bits per heavy atom. The molecule has 0 saturated heterocycles. The van der Waals surface area contributed by atoms with E-state index in [1.54, 1.807) is 67.6 Å². The highest BCUT2D eigenvalue weighted by atomic mass is 32.2. The fraction of sp³-hybridized carbons (Fsp3) is 0.200. The molecule has 8 nitrogen and oxygen atoms in total. The molecule has 4 aromatic rings. The van der Waals surface area contributed by atoms with Crippen LogP contribution in [-0.4, -0.2) is 34.6 Å². The standard InChI is InChI=1S/C25H24N2O6S/c1-3-33-25(30)21-14-19-20(23(28)18-12-8-5-9-13-18)15-26(2)24(29)22(19)27(21)34(31,32)16-17-10-6-4-7-11-17/h4-15,23,28H,3,16H2,1-2H3. The molecule has 0 fully saturated rings. The number of hydrogen-bond acceptors (Lipinski definition) is 6. The summed E-state index contributed by atoms with van der Waals surface area (Å²) in [5.41, 5.74) is 0.219. The Morgan fingerprint density at radius 3 is 2.29 bits per heavy atom. The minimum Gasteiger partial charge on any atom is -0.461 e. The van der Waals surface area contributed by atoms with Crippen molar-refractivity contribution in [3.8, 4) is 0 Å². The lowest BCUT2D eigenvalue weighted by Gasteiger charge is -2.15. The van der Waals surface area contributed by atoms with Gasteiger partial charge in [-0.25, -0.2) is 17.2 Å². The van der Waals surface area contributed by atoms with Crippen molar-refractivity contribution >= 4 is 26.9 Å². The number of hydrogen-bond donors (Lipinski definition) is 1. The van der Waals surface area contributed by atoms with Gasteiger partial charge in [0.15, 0.2) is 0 Å².